The number of hydrogen-bond acceptors (Lipinski definition) is 4. The second-order valence-electron chi connectivity index (χ2n) is 6.00. The Balaban J connectivity index is 2.23. The molecule has 2 N–H and O–H groups in total. The van der Waals surface area contributed by atoms with Crippen LogP contribution in [0.3, 0.4) is 0 Å². The van der Waals surface area contributed by atoms with Gasteiger partial charge in [0.1, 0.15) is 11.4 Å². The Morgan fingerprint density at radius 1 is 1.26 bits per heavy atom. The Labute approximate surface area is 113 Å². The normalized spacial score (nSPS) is 14.5. The number of hydrogen-bond donors (Lipinski definition) is 1. The minimum Gasteiger partial charge on any atom is -0.444 e. The predicted octanol–water partition coefficient (Wildman–Crippen LogP) is 2.53. The Hall–Kier alpha value is -1.78. The van der Waals surface area contributed by atoms with E-state index >= 15 is 0 Å². The van der Waals surface area contributed by atoms with Gasteiger partial charge >= 0.3 is 6.09 Å². The molecule has 0 aromatic carbocycles. The molecule has 0 spiro atoms. The van der Waals surface area contributed by atoms with Crippen LogP contribution in [0.25, 0.3) is 0 Å². The van der Waals surface area contributed by atoms with Crippen LogP contribution in [-0.4, -0.2) is 21.6 Å². The highest BCUT2D eigenvalue weighted by atomic mass is 16.6. The molecule has 104 valence electrons. The molecule has 0 saturated carbocycles. The van der Waals surface area contributed by atoms with Gasteiger partial charge in [-0.25, -0.2) is 9.78 Å². The van der Waals surface area contributed by atoms with Gasteiger partial charge in [0.25, 0.3) is 0 Å². The molecule has 19 heavy (non-hydrogen) atoms. The number of nitrogens with zero attached hydrogens (tertiary/aromatic N) is 2. The third-order valence-corrected chi connectivity index (χ3v) is 3.31. The third kappa shape index (κ3) is 2.64. The Morgan fingerprint density at radius 3 is 2.42 bits per heavy atom. The number of fused-ring (bicyclic) bond motifs is 1. The number of pyridine rings is 1. The van der Waals surface area contributed by atoms with E-state index in [0.29, 0.717) is 18.9 Å². The molecular weight excluding hydrogens is 242 g/mol. The van der Waals surface area contributed by atoms with Crippen LogP contribution in [0.15, 0.2) is 0 Å². The molecule has 2 rings (SSSR count). The van der Waals surface area contributed by atoms with E-state index in [1.165, 1.54) is 0 Å². The van der Waals surface area contributed by atoms with Gasteiger partial charge in [0.2, 0.25) is 0 Å². The molecule has 5 heteroatoms. The van der Waals surface area contributed by atoms with Gasteiger partial charge in [0.15, 0.2) is 0 Å². The molecule has 1 aliphatic heterocycles. The lowest BCUT2D eigenvalue weighted by Crippen LogP contribution is -2.33. The Kier molecular flexibility index (Phi) is 3.16. The summed E-state index contributed by atoms with van der Waals surface area (Å²) in [6, 6.07) is 0. The molecule has 0 radical (unpaired) electrons. The molecule has 0 bridgehead atoms. The highest BCUT2D eigenvalue weighted by Gasteiger charge is 2.30. The van der Waals surface area contributed by atoms with Crippen molar-refractivity contribution in [3.63, 3.8) is 0 Å². The van der Waals surface area contributed by atoms with Crippen molar-refractivity contribution in [3.05, 3.63) is 22.4 Å². The molecule has 1 amide bonds. The summed E-state index contributed by atoms with van der Waals surface area (Å²) in [6.07, 6.45) is -0.305. The smallest absolute Gasteiger partial charge is 0.410 e. The maximum atomic E-state index is 12.1. The molecule has 0 saturated heterocycles. The standard InChI is InChI=1S/C14H21N3O2/c1-8-9(2)16-12(15)11-7-17(6-10(8)11)13(18)19-14(3,4)5/h6-7H2,1-5H3,(H2,15,16). The van der Waals surface area contributed by atoms with Crippen molar-refractivity contribution < 1.29 is 9.53 Å². The fourth-order valence-corrected chi connectivity index (χ4v) is 2.21. The van der Waals surface area contributed by atoms with Crippen molar-refractivity contribution >= 4 is 11.9 Å². The summed E-state index contributed by atoms with van der Waals surface area (Å²) in [6.45, 7) is 10.5. The lowest BCUT2D eigenvalue weighted by Gasteiger charge is -2.24. The number of rotatable bonds is 0. The van der Waals surface area contributed by atoms with Crippen molar-refractivity contribution in [3.8, 4) is 0 Å². The van der Waals surface area contributed by atoms with E-state index in [9.17, 15) is 4.79 Å². The van der Waals surface area contributed by atoms with Crippen molar-refractivity contribution in [2.75, 3.05) is 5.73 Å². The number of anilines is 1. The van der Waals surface area contributed by atoms with Crippen LogP contribution < -0.4 is 5.73 Å². The summed E-state index contributed by atoms with van der Waals surface area (Å²) < 4.78 is 5.39. The lowest BCUT2D eigenvalue weighted by atomic mass is 10.0. The van der Waals surface area contributed by atoms with Gasteiger partial charge in [0.05, 0.1) is 13.1 Å². The lowest BCUT2D eigenvalue weighted by molar-refractivity contribution is 0.0242. The summed E-state index contributed by atoms with van der Waals surface area (Å²) in [5.74, 6) is 0.518. The number of nitrogen functional groups attached to an aromatic ring is 1. The average Bonchev–Trinajstić information content (AvgIpc) is 2.69. The van der Waals surface area contributed by atoms with Crippen molar-refractivity contribution in [1.82, 2.24) is 9.88 Å². The number of aromatic nitrogens is 1. The first kappa shape index (κ1) is 13.6. The molecule has 0 unspecified atom stereocenters. The zero-order valence-electron chi connectivity index (χ0n) is 12.2. The Bertz CT molecular complexity index is 532. The number of ether oxygens (including phenoxy) is 1. The number of aryl methyl sites for hydroxylation is 1. The van der Waals surface area contributed by atoms with Crippen LogP contribution in [0.5, 0.6) is 0 Å². The van der Waals surface area contributed by atoms with Gasteiger partial charge in [-0.15, -0.1) is 0 Å². The van der Waals surface area contributed by atoms with Crippen LogP contribution in [0.2, 0.25) is 0 Å². The monoisotopic (exact) mass is 263 g/mol. The highest BCUT2D eigenvalue weighted by Crippen LogP contribution is 2.31. The van der Waals surface area contributed by atoms with E-state index in [1.807, 2.05) is 34.6 Å². The summed E-state index contributed by atoms with van der Waals surface area (Å²) in [5.41, 5.74) is 9.54. The summed E-state index contributed by atoms with van der Waals surface area (Å²) in [5, 5.41) is 0. The number of carbonyl (C=O) groups excluding carboxylic acids is 1. The fraction of sp³-hybridized carbons (Fsp3) is 0.571. The van der Waals surface area contributed by atoms with Crippen LogP contribution in [-0.2, 0) is 17.8 Å². The SMILES string of the molecule is Cc1nc(N)c2c(c1C)CN(C(=O)OC(C)(C)C)C2. The molecule has 1 aromatic heterocycles. The minimum atomic E-state index is -0.486. The number of nitrogens with two attached hydrogens (primary N) is 1. The zero-order chi connectivity index (χ0) is 14.4. The average molecular weight is 263 g/mol. The highest BCUT2D eigenvalue weighted by molar-refractivity contribution is 5.70. The van der Waals surface area contributed by atoms with Gasteiger partial charge in [0, 0.05) is 11.3 Å². The molecule has 1 aliphatic rings. The van der Waals surface area contributed by atoms with Gasteiger partial charge in [-0.1, -0.05) is 0 Å². The van der Waals surface area contributed by atoms with Gasteiger partial charge < -0.3 is 10.5 Å². The van der Waals surface area contributed by atoms with E-state index in [2.05, 4.69) is 4.98 Å². The molecular formula is C14H21N3O2. The molecule has 2 heterocycles. The van der Waals surface area contributed by atoms with Gasteiger partial charge in [-0.3, -0.25) is 4.90 Å². The summed E-state index contributed by atoms with van der Waals surface area (Å²) in [4.78, 5) is 18.1. The molecule has 0 atom stereocenters. The maximum absolute atomic E-state index is 12.1. The summed E-state index contributed by atoms with van der Waals surface area (Å²) in [7, 11) is 0. The van der Waals surface area contributed by atoms with E-state index in [0.717, 1.165) is 22.4 Å². The quantitative estimate of drug-likeness (QED) is 0.781. The van der Waals surface area contributed by atoms with Crippen LogP contribution >= 0.6 is 0 Å². The second-order valence-corrected chi connectivity index (χ2v) is 6.00. The first-order valence-corrected chi connectivity index (χ1v) is 6.41. The number of carbonyl (C=O) groups is 1. The molecule has 1 aromatic rings. The topological polar surface area (TPSA) is 68.5 Å². The molecule has 5 nitrogen and oxygen atoms in total. The molecule has 0 aliphatic carbocycles. The fourth-order valence-electron chi connectivity index (χ4n) is 2.21. The zero-order valence-corrected chi connectivity index (χ0v) is 12.2. The molecule has 0 fully saturated rings. The number of amides is 1. The van der Waals surface area contributed by atoms with Crippen LogP contribution in [0.1, 0.15) is 43.2 Å². The maximum Gasteiger partial charge on any atom is 0.410 e. The largest absolute Gasteiger partial charge is 0.444 e. The summed E-state index contributed by atoms with van der Waals surface area (Å²) >= 11 is 0. The second kappa shape index (κ2) is 4.40. The van der Waals surface area contributed by atoms with Gasteiger partial charge in [-0.05, 0) is 45.7 Å². The first-order chi connectivity index (χ1) is 8.69. The minimum absolute atomic E-state index is 0.305. The third-order valence-electron chi connectivity index (χ3n) is 3.31. The first-order valence-electron chi connectivity index (χ1n) is 6.41. The van der Waals surface area contributed by atoms with Crippen molar-refractivity contribution in [1.29, 1.82) is 0 Å². The van der Waals surface area contributed by atoms with Gasteiger partial charge in [-0.2, -0.15) is 0 Å². The van der Waals surface area contributed by atoms with Crippen LogP contribution in [0.4, 0.5) is 10.6 Å². The van der Waals surface area contributed by atoms with E-state index < -0.39 is 5.60 Å². The van der Waals surface area contributed by atoms with Crippen LogP contribution in [0, 0.1) is 13.8 Å². The van der Waals surface area contributed by atoms with Crippen molar-refractivity contribution in [2.24, 2.45) is 0 Å². The Morgan fingerprint density at radius 2 is 1.84 bits per heavy atom. The van der Waals surface area contributed by atoms with E-state index in [-0.39, 0.29) is 6.09 Å². The predicted molar refractivity (Wildman–Crippen MR) is 73.6 cm³/mol. The van der Waals surface area contributed by atoms with Crippen molar-refractivity contribution in [2.45, 2.75) is 53.3 Å². The van der Waals surface area contributed by atoms with E-state index in [4.69, 9.17) is 10.5 Å². The van der Waals surface area contributed by atoms with E-state index in [1.54, 1.807) is 4.90 Å².